The quantitative estimate of drug-likeness (QED) is 0.620. The minimum atomic E-state index is -1.02. The van der Waals surface area contributed by atoms with Crippen LogP contribution < -0.4 is 10.6 Å². The van der Waals surface area contributed by atoms with Gasteiger partial charge in [-0.05, 0) is 56.1 Å². The Kier molecular flexibility index (Phi) is 6.34. The van der Waals surface area contributed by atoms with E-state index in [0.29, 0.717) is 23.4 Å². The van der Waals surface area contributed by atoms with Crippen molar-refractivity contribution >= 4 is 29.3 Å². The Morgan fingerprint density at radius 2 is 1.80 bits per heavy atom. The molecular formula is C26H27FN4O4. The van der Waals surface area contributed by atoms with Gasteiger partial charge in [-0.1, -0.05) is 24.6 Å². The van der Waals surface area contributed by atoms with Crippen molar-refractivity contribution < 1.29 is 23.6 Å². The summed E-state index contributed by atoms with van der Waals surface area (Å²) in [4.78, 5) is 53.1. The van der Waals surface area contributed by atoms with Crippen LogP contribution in [0.4, 0.5) is 10.1 Å². The molecule has 3 heterocycles. The molecule has 0 aromatic heterocycles. The van der Waals surface area contributed by atoms with Crippen molar-refractivity contribution in [1.82, 2.24) is 15.1 Å². The molecule has 35 heavy (non-hydrogen) atoms. The number of carbonyl (C=O) groups excluding carboxylic acids is 4. The maximum Gasteiger partial charge on any atom is 0.264 e. The lowest BCUT2D eigenvalue weighted by Crippen LogP contribution is -2.54. The second-order valence-electron chi connectivity index (χ2n) is 9.29. The summed E-state index contributed by atoms with van der Waals surface area (Å²) in [6.45, 7) is 2.84. The molecule has 3 aliphatic rings. The second-order valence-corrected chi connectivity index (χ2v) is 9.29. The van der Waals surface area contributed by atoms with Gasteiger partial charge in [-0.2, -0.15) is 0 Å². The highest BCUT2D eigenvalue weighted by Gasteiger charge is 2.45. The molecule has 0 bridgehead atoms. The van der Waals surface area contributed by atoms with Crippen molar-refractivity contribution in [1.29, 1.82) is 0 Å². The van der Waals surface area contributed by atoms with Gasteiger partial charge in [-0.15, -0.1) is 0 Å². The van der Waals surface area contributed by atoms with Gasteiger partial charge in [0, 0.05) is 30.8 Å². The zero-order chi connectivity index (χ0) is 24.5. The van der Waals surface area contributed by atoms with Crippen molar-refractivity contribution in [2.45, 2.75) is 51.2 Å². The van der Waals surface area contributed by atoms with E-state index in [9.17, 15) is 23.6 Å². The zero-order valence-corrected chi connectivity index (χ0v) is 19.3. The number of benzene rings is 2. The zero-order valence-electron chi connectivity index (χ0n) is 19.3. The molecule has 182 valence electrons. The molecule has 3 aliphatic heterocycles. The number of nitrogens with zero attached hydrogens (tertiary/aromatic N) is 2. The molecule has 9 heteroatoms. The van der Waals surface area contributed by atoms with E-state index in [-0.39, 0.29) is 36.3 Å². The molecule has 4 amide bonds. The molecule has 0 aliphatic carbocycles. The van der Waals surface area contributed by atoms with Gasteiger partial charge in [0.25, 0.3) is 11.8 Å². The lowest BCUT2D eigenvalue weighted by atomic mass is 10.0. The smallest absolute Gasteiger partial charge is 0.264 e. The molecule has 2 saturated heterocycles. The van der Waals surface area contributed by atoms with E-state index in [1.54, 1.807) is 24.3 Å². The Morgan fingerprint density at radius 1 is 1.00 bits per heavy atom. The Bertz CT molecular complexity index is 1210. The lowest BCUT2D eigenvalue weighted by Gasteiger charge is -2.27. The number of fused-ring (bicyclic) bond motifs is 1. The summed E-state index contributed by atoms with van der Waals surface area (Å²) in [5.41, 5.74) is 2.20. The number of piperidine rings is 2. The average molecular weight is 479 g/mol. The molecular weight excluding hydrogens is 451 g/mol. The molecule has 2 aromatic rings. The van der Waals surface area contributed by atoms with Crippen molar-refractivity contribution in [2.75, 3.05) is 18.4 Å². The second kappa shape index (κ2) is 9.58. The molecule has 2 fully saturated rings. The lowest BCUT2D eigenvalue weighted by molar-refractivity contribution is -0.136. The normalized spacial score (nSPS) is 20.7. The standard InChI is InChI=1S/C26H27FN4O4/c27-19-13-16(7-8-17(19)15-30-11-2-1-3-12-30)14-28-20-6-4-5-18-23(20)26(35)31(25(18)34)21-9-10-22(32)29-24(21)33/h4-8,13,21,28H,1-3,9-12,14-15H2,(H,29,32,33). The first-order valence-electron chi connectivity index (χ1n) is 12.0. The maximum absolute atomic E-state index is 14.8. The molecule has 5 rings (SSSR count). The summed E-state index contributed by atoms with van der Waals surface area (Å²) in [7, 11) is 0. The van der Waals surface area contributed by atoms with Crippen LogP contribution in [0.5, 0.6) is 0 Å². The van der Waals surface area contributed by atoms with Crippen LogP contribution in [-0.4, -0.2) is 52.6 Å². The molecule has 0 saturated carbocycles. The van der Waals surface area contributed by atoms with E-state index < -0.39 is 29.7 Å². The van der Waals surface area contributed by atoms with Crippen LogP contribution in [0.1, 0.15) is 63.9 Å². The monoisotopic (exact) mass is 478 g/mol. The highest BCUT2D eigenvalue weighted by molar-refractivity contribution is 6.25. The fourth-order valence-corrected chi connectivity index (χ4v) is 5.05. The first-order chi connectivity index (χ1) is 16.9. The minimum absolute atomic E-state index is 0.0637. The predicted molar refractivity (Wildman–Crippen MR) is 126 cm³/mol. The summed E-state index contributed by atoms with van der Waals surface area (Å²) < 4.78 is 14.8. The summed E-state index contributed by atoms with van der Waals surface area (Å²) in [5, 5.41) is 5.34. The van der Waals surface area contributed by atoms with Gasteiger partial charge in [0.1, 0.15) is 11.9 Å². The predicted octanol–water partition coefficient (Wildman–Crippen LogP) is 2.82. The number of carbonyl (C=O) groups is 4. The van der Waals surface area contributed by atoms with Gasteiger partial charge in [0.05, 0.1) is 11.1 Å². The van der Waals surface area contributed by atoms with E-state index in [1.807, 2.05) is 6.07 Å². The Labute approximate surface area is 202 Å². The SMILES string of the molecule is O=C1CCC(N2C(=O)c3cccc(NCc4ccc(CN5CCCCC5)c(F)c4)c3C2=O)C(=O)N1. The Morgan fingerprint density at radius 3 is 2.54 bits per heavy atom. The van der Waals surface area contributed by atoms with Crippen LogP contribution in [0, 0.1) is 5.82 Å². The average Bonchev–Trinajstić information content (AvgIpc) is 3.10. The molecule has 8 nitrogen and oxygen atoms in total. The van der Waals surface area contributed by atoms with Crippen LogP contribution in [0.15, 0.2) is 36.4 Å². The van der Waals surface area contributed by atoms with Crippen LogP contribution in [0.3, 0.4) is 0 Å². The van der Waals surface area contributed by atoms with Crippen molar-refractivity contribution in [3.8, 4) is 0 Å². The third kappa shape index (κ3) is 4.55. The molecule has 2 N–H and O–H groups in total. The summed E-state index contributed by atoms with van der Waals surface area (Å²) >= 11 is 0. The fourth-order valence-electron chi connectivity index (χ4n) is 5.05. The Hall–Kier alpha value is -3.59. The van der Waals surface area contributed by atoms with Gasteiger partial charge >= 0.3 is 0 Å². The highest BCUT2D eigenvalue weighted by Crippen LogP contribution is 2.32. The van der Waals surface area contributed by atoms with E-state index >= 15 is 0 Å². The van der Waals surface area contributed by atoms with Gasteiger partial charge in [0.15, 0.2) is 0 Å². The van der Waals surface area contributed by atoms with Gasteiger partial charge in [-0.3, -0.25) is 34.3 Å². The van der Waals surface area contributed by atoms with Crippen molar-refractivity contribution in [3.05, 3.63) is 64.5 Å². The number of anilines is 1. The van der Waals surface area contributed by atoms with E-state index in [4.69, 9.17) is 0 Å². The number of hydrogen-bond donors (Lipinski definition) is 2. The largest absolute Gasteiger partial charge is 0.380 e. The Balaban J connectivity index is 1.30. The molecule has 1 unspecified atom stereocenters. The molecule has 0 spiro atoms. The summed E-state index contributed by atoms with van der Waals surface area (Å²) in [5.74, 6) is -2.46. The van der Waals surface area contributed by atoms with E-state index in [2.05, 4.69) is 15.5 Å². The van der Waals surface area contributed by atoms with Gasteiger partial charge in [0.2, 0.25) is 11.8 Å². The summed E-state index contributed by atoms with van der Waals surface area (Å²) in [6, 6.07) is 9.02. The fraction of sp³-hybridized carbons (Fsp3) is 0.385. The number of halogens is 1. The number of amides is 4. The van der Waals surface area contributed by atoms with E-state index in [0.717, 1.165) is 30.8 Å². The van der Waals surface area contributed by atoms with Gasteiger partial charge < -0.3 is 5.32 Å². The van der Waals surface area contributed by atoms with Crippen LogP contribution >= 0.6 is 0 Å². The third-order valence-corrected chi connectivity index (χ3v) is 6.91. The van der Waals surface area contributed by atoms with E-state index in [1.165, 1.54) is 12.5 Å². The van der Waals surface area contributed by atoms with Crippen LogP contribution in [0.2, 0.25) is 0 Å². The van der Waals surface area contributed by atoms with Crippen LogP contribution in [0.25, 0.3) is 0 Å². The first-order valence-corrected chi connectivity index (χ1v) is 12.0. The highest BCUT2D eigenvalue weighted by atomic mass is 19.1. The van der Waals surface area contributed by atoms with Crippen LogP contribution in [-0.2, 0) is 22.7 Å². The molecule has 1 atom stereocenters. The van der Waals surface area contributed by atoms with Crippen molar-refractivity contribution in [2.24, 2.45) is 0 Å². The van der Waals surface area contributed by atoms with Crippen molar-refractivity contribution in [3.63, 3.8) is 0 Å². The molecule has 0 radical (unpaired) electrons. The maximum atomic E-state index is 14.8. The number of likely N-dealkylation sites (tertiary alicyclic amines) is 1. The summed E-state index contributed by atoms with van der Waals surface area (Å²) in [6.07, 6.45) is 3.68. The topological polar surface area (TPSA) is 98.8 Å². The number of nitrogens with one attached hydrogen (secondary N) is 2. The molecule has 2 aromatic carbocycles. The van der Waals surface area contributed by atoms with Gasteiger partial charge in [-0.25, -0.2) is 4.39 Å². The third-order valence-electron chi connectivity index (χ3n) is 6.91. The number of rotatable bonds is 6. The number of imide groups is 2. The minimum Gasteiger partial charge on any atom is -0.380 e. The number of hydrogen-bond acceptors (Lipinski definition) is 6. The first kappa shape index (κ1) is 23.2.